The van der Waals surface area contributed by atoms with Crippen LogP contribution in [-0.4, -0.2) is 12.8 Å². The highest BCUT2D eigenvalue weighted by Gasteiger charge is 2.36. The predicted octanol–water partition coefficient (Wildman–Crippen LogP) is 2.99. The molecular formula is C6H8F3O4P. The van der Waals surface area contributed by atoms with Crippen LogP contribution >= 0.6 is 7.82 Å². The number of phosphoric ester groups is 1. The Bertz CT molecular complexity index is 236. The van der Waals surface area contributed by atoms with Crippen molar-refractivity contribution in [1.29, 1.82) is 0 Å². The molecule has 0 heterocycles. The second kappa shape index (κ2) is 5.07. The minimum atomic E-state index is -4.62. The zero-order valence-electron chi connectivity index (χ0n) is 6.99. The zero-order chi connectivity index (χ0) is 11.2. The second-order valence-electron chi connectivity index (χ2n) is 1.88. The summed E-state index contributed by atoms with van der Waals surface area (Å²) >= 11 is 0. The van der Waals surface area contributed by atoms with E-state index in [0.717, 1.165) is 0 Å². The minimum absolute atomic E-state index is 0.653. The Morgan fingerprint density at radius 2 is 1.64 bits per heavy atom. The first-order valence-electron chi connectivity index (χ1n) is 3.23. The summed E-state index contributed by atoms with van der Waals surface area (Å²) in [6, 6.07) is 0. The lowest BCUT2D eigenvalue weighted by molar-refractivity contribution is -0.157. The van der Waals surface area contributed by atoms with Crippen LogP contribution in [0.4, 0.5) is 13.2 Å². The van der Waals surface area contributed by atoms with E-state index in [1.165, 1.54) is 0 Å². The number of halogens is 3. The van der Waals surface area contributed by atoms with E-state index in [9.17, 15) is 17.7 Å². The monoisotopic (exact) mass is 232 g/mol. The lowest BCUT2D eigenvalue weighted by Crippen LogP contribution is -2.16. The SMILES string of the molecule is C=COP(=O)(OC=C)OCC(F)(F)F. The summed E-state index contributed by atoms with van der Waals surface area (Å²) in [6.07, 6.45) is -3.31. The standard InChI is InChI=1S/C6H8F3O4P/c1-3-11-14(10,12-4-2)13-5-6(7,8)9/h3-4H,1-2,5H2. The normalized spacial score (nSPS) is 11.9. The van der Waals surface area contributed by atoms with E-state index in [2.05, 4.69) is 26.7 Å². The van der Waals surface area contributed by atoms with E-state index in [1.807, 2.05) is 0 Å². The van der Waals surface area contributed by atoms with Gasteiger partial charge in [-0.1, -0.05) is 13.2 Å². The van der Waals surface area contributed by atoms with Crippen molar-refractivity contribution in [3.05, 3.63) is 25.7 Å². The average Bonchev–Trinajstić information content (AvgIpc) is 2.01. The molecule has 0 N–H and O–H groups in total. The predicted molar refractivity (Wildman–Crippen MR) is 42.2 cm³/mol. The van der Waals surface area contributed by atoms with Crippen molar-refractivity contribution in [3.63, 3.8) is 0 Å². The molecule has 0 bridgehead atoms. The molecule has 8 heteroatoms. The fraction of sp³-hybridized carbons (Fsp3) is 0.333. The zero-order valence-corrected chi connectivity index (χ0v) is 7.88. The van der Waals surface area contributed by atoms with Gasteiger partial charge < -0.3 is 9.05 Å². The fourth-order valence-corrected chi connectivity index (χ4v) is 1.26. The van der Waals surface area contributed by atoms with E-state index in [4.69, 9.17) is 0 Å². The first-order chi connectivity index (χ1) is 6.33. The van der Waals surface area contributed by atoms with E-state index in [-0.39, 0.29) is 0 Å². The van der Waals surface area contributed by atoms with Gasteiger partial charge in [0.25, 0.3) is 0 Å². The maximum absolute atomic E-state index is 11.7. The van der Waals surface area contributed by atoms with Crippen molar-refractivity contribution < 1.29 is 31.3 Å². The first kappa shape index (κ1) is 13.1. The molecule has 0 radical (unpaired) electrons. The molecule has 0 rings (SSSR count). The van der Waals surface area contributed by atoms with Gasteiger partial charge in [-0.3, -0.25) is 4.52 Å². The summed E-state index contributed by atoms with van der Waals surface area (Å²) in [4.78, 5) is 0. The Balaban J connectivity index is 4.30. The van der Waals surface area contributed by atoms with Gasteiger partial charge in [0.2, 0.25) is 0 Å². The molecule has 0 saturated carbocycles. The number of hydrogen-bond donors (Lipinski definition) is 0. The Kier molecular flexibility index (Phi) is 4.73. The van der Waals surface area contributed by atoms with Crippen LogP contribution in [0, 0.1) is 0 Å². The molecule has 14 heavy (non-hydrogen) atoms. The summed E-state index contributed by atoms with van der Waals surface area (Å²) in [6.45, 7) is 4.26. The minimum Gasteiger partial charge on any atom is -0.404 e. The Labute approximate surface area is 78.6 Å². The van der Waals surface area contributed by atoms with Gasteiger partial charge in [-0.25, -0.2) is 4.57 Å². The molecule has 0 saturated heterocycles. The molecule has 0 amide bonds. The van der Waals surface area contributed by atoms with Crippen molar-refractivity contribution in [2.75, 3.05) is 6.61 Å². The topological polar surface area (TPSA) is 44.8 Å². The number of hydrogen-bond acceptors (Lipinski definition) is 4. The summed E-state index contributed by atoms with van der Waals surface area (Å²) in [7, 11) is -4.27. The number of alkyl halides is 3. The molecule has 0 fully saturated rings. The van der Waals surface area contributed by atoms with Crippen LogP contribution in [0.25, 0.3) is 0 Å². The van der Waals surface area contributed by atoms with Crippen LogP contribution in [0.5, 0.6) is 0 Å². The van der Waals surface area contributed by atoms with Gasteiger partial charge in [-0.15, -0.1) is 0 Å². The van der Waals surface area contributed by atoms with Gasteiger partial charge in [0.1, 0.15) is 0 Å². The highest BCUT2D eigenvalue weighted by atomic mass is 31.2. The lowest BCUT2D eigenvalue weighted by Gasteiger charge is -2.15. The third kappa shape index (κ3) is 5.66. The summed E-state index contributed by atoms with van der Waals surface area (Å²) < 4.78 is 58.4. The summed E-state index contributed by atoms with van der Waals surface area (Å²) in [5, 5.41) is 0. The molecule has 0 spiro atoms. The van der Waals surface area contributed by atoms with Gasteiger partial charge in [-0.2, -0.15) is 13.2 Å². The Morgan fingerprint density at radius 1 is 1.21 bits per heavy atom. The molecule has 82 valence electrons. The smallest absolute Gasteiger partial charge is 0.404 e. The molecule has 0 aliphatic heterocycles. The van der Waals surface area contributed by atoms with E-state index >= 15 is 0 Å². The van der Waals surface area contributed by atoms with Gasteiger partial charge in [-0.05, 0) is 0 Å². The van der Waals surface area contributed by atoms with Crippen LogP contribution in [-0.2, 0) is 18.1 Å². The van der Waals surface area contributed by atoms with Crippen LogP contribution in [0.3, 0.4) is 0 Å². The van der Waals surface area contributed by atoms with Crippen molar-refractivity contribution in [3.8, 4) is 0 Å². The Morgan fingerprint density at radius 3 is 1.93 bits per heavy atom. The largest absolute Gasteiger partial charge is 0.586 e. The maximum Gasteiger partial charge on any atom is 0.586 e. The molecule has 0 aliphatic rings. The lowest BCUT2D eigenvalue weighted by atomic mass is 10.7. The van der Waals surface area contributed by atoms with Crippen molar-refractivity contribution in [1.82, 2.24) is 0 Å². The highest BCUT2D eigenvalue weighted by molar-refractivity contribution is 7.48. The van der Waals surface area contributed by atoms with Crippen LogP contribution in [0.2, 0.25) is 0 Å². The number of phosphoric acid groups is 1. The molecule has 0 unspecified atom stereocenters. The molecule has 0 aliphatic carbocycles. The third-order valence-corrected chi connectivity index (χ3v) is 2.05. The van der Waals surface area contributed by atoms with Crippen molar-refractivity contribution >= 4 is 7.82 Å². The van der Waals surface area contributed by atoms with E-state index in [1.54, 1.807) is 0 Å². The van der Waals surface area contributed by atoms with Gasteiger partial charge in [0, 0.05) is 0 Å². The molecule has 4 nitrogen and oxygen atoms in total. The van der Waals surface area contributed by atoms with Crippen LogP contribution < -0.4 is 0 Å². The third-order valence-electron chi connectivity index (χ3n) is 0.794. The van der Waals surface area contributed by atoms with Crippen LogP contribution in [0.15, 0.2) is 25.7 Å². The quantitative estimate of drug-likeness (QED) is 0.521. The summed E-state index contributed by atoms with van der Waals surface area (Å²) in [5.41, 5.74) is 0. The molecular weight excluding hydrogens is 224 g/mol. The van der Waals surface area contributed by atoms with Gasteiger partial charge in [0.05, 0.1) is 12.5 Å². The maximum atomic E-state index is 11.7. The van der Waals surface area contributed by atoms with Crippen molar-refractivity contribution in [2.24, 2.45) is 0 Å². The fourth-order valence-electron chi connectivity index (χ4n) is 0.421. The molecule has 0 atom stereocenters. The first-order valence-corrected chi connectivity index (χ1v) is 4.69. The Hall–Kier alpha value is -0.940. The number of rotatable bonds is 6. The molecule has 0 aromatic carbocycles. The van der Waals surface area contributed by atoms with E-state index < -0.39 is 20.6 Å². The average molecular weight is 232 g/mol. The second-order valence-corrected chi connectivity index (χ2v) is 3.45. The summed E-state index contributed by atoms with van der Waals surface area (Å²) in [5.74, 6) is 0. The van der Waals surface area contributed by atoms with Gasteiger partial charge in [0.15, 0.2) is 6.61 Å². The molecule has 0 aromatic rings. The molecule has 0 aromatic heterocycles. The van der Waals surface area contributed by atoms with Gasteiger partial charge >= 0.3 is 14.0 Å². The van der Waals surface area contributed by atoms with E-state index in [0.29, 0.717) is 12.5 Å². The highest BCUT2D eigenvalue weighted by Crippen LogP contribution is 2.50. The van der Waals surface area contributed by atoms with Crippen LogP contribution in [0.1, 0.15) is 0 Å². The van der Waals surface area contributed by atoms with Crippen molar-refractivity contribution in [2.45, 2.75) is 6.18 Å².